The summed E-state index contributed by atoms with van der Waals surface area (Å²) >= 11 is 0. The second-order valence-corrected chi connectivity index (χ2v) is 4.88. The molecule has 3 rings (SSSR count). The Balaban J connectivity index is 1.66. The van der Waals surface area contributed by atoms with Gasteiger partial charge in [0.15, 0.2) is 0 Å². The molecule has 1 aliphatic carbocycles. The van der Waals surface area contributed by atoms with Gasteiger partial charge in [0, 0.05) is 25.5 Å². The van der Waals surface area contributed by atoms with Gasteiger partial charge in [-0.25, -0.2) is 0 Å². The summed E-state index contributed by atoms with van der Waals surface area (Å²) in [5, 5.41) is 11.2. The zero-order valence-electron chi connectivity index (χ0n) is 10.9. The number of anilines is 1. The fourth-order valence-corrected chi connectivity index (χ4v) is 2.07. The highest BCUT2D eigenvalue weighted by Crippen LogP contribution is 2.30. The summed E-state index contributed by atoms with van der Waals surface area (Å²) in [6, 6.07) is 1.72. The second-order valence-electron chi connectivity index (χ2n) is 4.88. The van der Waals surface area contributed by atoms with Gasteiger partial charge in [-0.3, -0.25) is 14.2 Å². The molecule has 2 aromatic heterocycles. The molecule has 1 aliphatic rings. The first-order valence-electron chi connectivity index (χ1n) is 6.62. The lowest BCUT2D eigenvalue weighted by molar-refractivity contribution is 0.101. The molecule has 19 heavy (non-hydrogen) atoms. The van der Waals surface area contributed by atoms with E-state index in [9.17, 15) is 4.79 Å². The molecule has 1 N–H and O–H groups in total. The van der Waals surface area contributed by atoms with Crippen LogP contribution in [0.4, 0.5) is 5.69 Å². The Morgan fingerprint density at radius 1 is 1.47 bits per heavy atom. The molecule has 6 heteroatoms. The summed E-state index contributed by atoms with van der Waals surface area (Å²) in [7, 11) is 0. The van der Waals surface area contributed by atoms with E-state index in [0.29, 0.717) is 12.2 Å². The average Bonchev–Trinajstić information content (AvgIpc) is 2.92. The standard InChI is InChI=1S/C13H17N5O/c1-2-18-12(5-6-14-18)13(19)16-11-7-15-17(9-11)8-10-3-4-10/h5-7,9-10H,2-4,8H2,1H3,(H,16,19). The minimum Gasteiger partial charge on any atom is -0.318 e. The predicted molar refractivity (Wildman–Crippen MR) is 70.8 cm³/mol. The minimum absolute atomic E-state index is 0.148. The van der Waals surface area contributed by atoms with Gasteiger partial charge in [0.1, 0.15) is 5.69 Å². The van der Waals surface area contributed by atoms with Gasteiger partial charge in [0.05, 0.1) is 11.9 Å². The predicted octanol–water partition coefficient (Wildman–Crippen LogP) is 1.76. The van der Waals surface area contributed by atoms with E-state index in [1.165, 1.54) is 12.8 Å². The first kappa shape index (κ1) is 12.0. The van der Waals surface area contributed by atoms with Gasteiger partial charge < -0.3 is 5.32 Å². The number of amides is 1. The summed E-state index contributed by atoms with van der Waals surface area (Å²) in [6.07, 6.45) is 7.78. The minimum atomic E-state index is -0.148. The number of hydrogen-bond donors (Lipinski definition) is 1. The quantitative estimate of drug-likeness (QED) is 0.889. The number of nitrogens with zero attached hydrogens (tertiary/aromatic N) is 4. The molecule has 1 saturated carbocycles. The lowest BCUT2D eigenvalue weighted by Crippen LogP contribution is -2.17. The lowest BCUT2D eigenvalue weighted by atomic mass is 10.4. The van der Waals surface area contributed by atoms with Crippen LogP contribution in [-0.2, 0) is 13.1 Å². The zero-order valence-corrected chi connectivity index (χ0v) is 10.9. The van der Waals surface area contributed by atoms with E-state index >= 15 is 0 Å². The summed E-state index contributed by atoms with van der Waals surface area (Å²) in [4.78, 5) is 12.1. The summed E-state index contributed by atoms with van der Waals surface area (Å²) in [5.74, 6) is 0.621. The summed E-state index contributed by atoms with van der Waals surface area (Å²) < 4.78 is 3.56. The molecule has 2 aromatic rings. The number of hydrogen-bond acceptors (Lipinski definition) is 3. The maximum absolute atomic E-state index is 12.1. The molecule has 0 bridgehead atoms. The van der Waals surface area contributed by atoms with Crippen LogP contribution in [0, 0.1) is 5.92 Å². The molecule has 0 atom stereocenters. The van der Waals surface area contributed by atoms with Crippen molar-refractivity contribution in [3.63, 3.8) is 0 Å². The smallest absolute Gasteiger partial charge is 0.274 e. The van der Waals surface area contributed by atoms with E-state index < -0.39 is 0 Å². The number of nitrogens with one attached hydrogen (secondary N) is 1. The number of aromatic nitrogens is 4. The van der Waals surface area contributed by atoms with Gasteiger partial charge in [0.2, 0.25) is 0 Å². The molecule has 100 valence electrons. The Labute approximate surface area is 111 Å². The average molecular weight is 259 g/mol. The fraction of sp³-hybridized carbons (Fsp3) is 0.462. The van der Waals surface area contributed by atoms with Crippen molar-refractivity contribution in [2.45, 2.75) is 32.9 Å². The van der Waals surface area contributed by atoms with Crippen molar-refractivity contribution in [2.75, 3.05) is 5.32 Å². The number of aryl methyl sites for hydroxylation is 1. The van der Waals surface area contributed by atoms with Gasteiger partial charge in [-0.2, -0.15) is 10.2 Å². The molecular formula is C13H17N5O. The number of carbonyl (C=O) groups is 1. The molecule has 1 fully saturated rings. The van der Waals surface area contributed by atoms with E-state index in [1.54, 1.807) is 23.1 Å². The first-order chi connectivity index (χ1) is 9.26. The van der Waals surface area contributed by atoms with E-state index in [2.05, 4.69) is 15.5 Å². The zero-order chi connectivity index (χ0) is 13.2. The van der Waals surface area contributed by atoms with Gasteiger partial charge in [0.25, 0.3) is 5.91 Å². The van der Waals surface area contributed by atoms with E-state index in [4.69, 9.17) is 0 Å². The Kier molecular flexibility index (Phi) is 3.06. The van der Waals surface area contributed by atoms with E-state index in [0.717, 1.165) is 18.2 Å². The topological polar surface area (TPSA) is 64.7 Å². The second kappa shape index (κ2) is 4.87. The van der Waals surface area contributed by atoms with Crippen LogP contribution in [0.2, 0.25) is 0 Å². The third-order valence-electron chi connectivity index (χ3n) is 3.28. The Hall–Kier alpha value is -2.11. The van der Waals surface area contributed by atoms with Crippen molar-refractivity contribution in [1.29, 1.82) is 0 Å². The van der Waals surface area contributed by atoms with Gasteiger partial charge in [-0.15, -0.1) is 0 Å². The summed E-state index contributed by atoms with van der Waals surface area (Å²) in [6.45, 7) is 3.58. The number of rotatable bonds is 5. The molecule has 0 spiro atoms. The lowest BCUT2D eigenvalue weighted by Gasteiger charge is -2.04. The van der Waals surface area contributed by atoms with E-state index in [1.807, 2.05) is 17.8 Å². The molecule has 0 unspecified atom stereocenters. The Morgan fingerprint density at radius 3 is 3.05 bits per heavy atom. The van der Waals surface area contributed by atoms with Crippen LogP contribution in [-0.4, -0.2) is 25.5 Å². The highest BCUT2D eigenvalue weighted by molar-refractivity contribution is 6.02. The molecule has 0 radical (unpaired) electrons. The molecule has 0 aromatic carbocycles. The highest BCUT2D eigenvalue weighted by atomic mass is 16.2. The van der Waals surface area contributed by atoms with Crippen molar-refractivity contribution >= 4 is 11.6 Å². The van der Waals surface area contributed by atoms with Gasteiger partial charge in [-0.1, -0.05) is 0 Å². The van der Waals surface area contributed by atoms with Crippen LogP contribution in [0.1, 0.15) is 30.3 Å². The van der Waals surface area contributed by atoms with Crippen LogP contribution in [0.15, 0.2) is 24.7 Å². The fourth-order valence-electron chi connectivity index (χ4n) is 2.07. The molecule has 1 amide bonds. The Bertz CT molecular complexity index is 581. The normalized spacial score (nSPS) is 14.6. The van der Waals surface area contributed by atoms with Crippen molar-refractivity contribution in [1.82, 2.24) is 19.6 Å². The van der Waals surface area contributed by atoms with Crippen LogP contribution < -0.4 is 5.32 Å². The summed E-state index contributed by atoms with van der Waals surface area (Å²) in [5.41, 5.74) is 1.30. The Morgan fingerprint density at radius 2 is 2.32 bits per heavy atom. The third kappa shape index (κ3) is 2.67. The van der Waals surface area contributed by atoms with Crippen LogP contribution >= 0.6 is 0 Å². The monoisotopic (exact) mass is 259 g/mol. The first-order valence-corrected chi connectivity index (χ1v) is 6.62. The number of carbonyl (C=O) groups excluding carboxylic acids is 1. The van der Waals surface area contributed by atoms with Crippen molar-refractivity contribution < 1.29 is 4.79 Å². The van der Waals surface area contributed by atoms with Crippen molar-refractivity contribution in [2.24, 2.45) is 5.92 Å². The molecule has 6 nitrogen and oxygen atoms in total. The van der Waals surface area contributed by atoms with E-state index in [-0.39, 0.29) is 5.91 Å². The third-order valence-corrected chi connectivity index (χ3v) is 3.28. The van der Waals surface area contributed by atoms with Gasteiger partial charge in [-0.05, 0) is 31.7 Å². The highest BCUT2D eigenvalue weighted by Gasteiger charge is 2.22. The van der Waals surface area contributed by atoms with Gasteiger partial charge >= 0.3 is 0 Å². The molecular weight excluding hydrogens is 242 g/mol. The maximum atomic E-state index is 12.1. The largest absolute Gasteiger partial charge is 0.318 e. The van der Waals surface area contributed by atoms with Crippen LogP contribution in [0.5, 0.6) is 0 Å². The maximum Gasteiger partial charge on any atom is 0.274 e. The van der Waals surface area contributed by atoms with Crippen LogP contribution in [0.3, 0.4) is 0 Å². The SMILES string of the molecule is CCn1nccc1C(=O)Nc1cnn(CC2CC2)c1. The molecule has 2 heterocycles. The molecule has 0 saturated heterocycles. The van der Waals surface area contributed by atoms with Crippen molar-refractivity contribution in [3.8, 4) is 0 Å². The van der Waals surface area contributed by atoms with Crippen molar-refractivity contribution in [3.05, 3.63) is 30.4 Å². The van der Waals surface area contributed by atoms with Crippen LogP contribution in [0.25, 0.3) is 0 Å². The molecule has 0 aliphatic heterocycles.